The van der Waals surface area contributed by atoms with E-state index in [1.807, 2.05) is 6.92 Å². The summed E-state index contributed by atoms with van der Waals surface area (Å²) in [6, 6.07) is 3.85. The van der Waals surface area contributed by atoms with Crippen LogP contribution >= 0.6 is 11.3 Å². The lowest BCUT2D eigenvalue weighted by atomic mass is 10.1. The van der Waals surface area contributed by atoms with Gasteiger partial charge in [-0.15, -0.1) is 11.3 Å². The van der Waals surface area contributed by atoms with Crippen LogP contribution in [0.25, 0.3) is 10.2 Å². The maximum atomic E-state index is 14.0. The van der Waals surface area contributed by atoms with Crippen molar-refractivity contribution in [3.8, 4) is 0 Å². The Morgan fingerprint density at radius 1 is 1.10 bits per heavy atom. The molecule has 5 nitrogen and oxygen atoms in total. The molecule has 1 aromatic carbocycles. The second-order valence-corrected chi connectivity index (χ2v) is 8.00. The molecule has 1 aliphatic rings. The van der Waals surface area contributed by atoms with Crippen LogP contribution in [0.4, 0.5) is 19.0 Å². The van der Waals surface area contributed by atoms with Crippen LogP contribution in [0.1, 0.15) is 28.0 Å². The van der Waals surface area contributed by atoms with E-state index in [0.29, 0.717) is 32.0 Å². The summed E-state index contributed by atoms with van der Waals surface area (Å²) < 4.78 is 40.6. The second kappa shape index (κ2) is 7.62. The molecule has 29 heavy (non-hydrogen) atoms. The van der Waals surface area contributed by atoms with Crippen LogP contribution in [0.3, 0.4) is 0 Å². The van der Waals surface area contributed by atoms with E-state index in [1.165, 1.54) is 9.78 Å². The van der Waals surface area contributed by atoms with Gasteiger partial charge in [0.1, 0.15) is 16.5 Å². The third-order valence-corrected chi connectivity index (χ3v) is 6.19. The second-order valence-electron chi connectivity index (χ2n) is 6.88. The molecule has 0 saturated carbocycles. The zero-order valence-corrected chi connectivity index (χ0v) is 16.8. The first-order chi connectivity index (χ1) is 13.9. The number of carbonyl (C=O) groups is 1. The summed E-state index contributed by atoms with van der Waals surface area (Å²) in [5, 5.41) is 0.990. The molecule has 9 heteroatoms. The standard InChI is InChI=1S/C20H19F3N4OS/c1-3-12-10-14-18(24-11(2)25-19(14)29-12)26-6-8-27(9-7-26)20(28)13-4-5-15(21)17(23)16(13)22/h4-5,10H,3,6-9H2,1-2H3. The summed E-state index contributed by atoms with van der Waals surface area (Å²) in [5.41, 5.74) is -0.456. The molecule has 0 bridgehead atoms. The molecule has 1 amide bonds. The molecule has 0 aliphatic carbocycles. The first-order valence-corrected chi connectivity index (χ1v) is 10.2. The number of amides is 1. The van der Waals surface area contributed by atoms with Gasteiger partial charge in [-0.3, -0.25) is 4.79 Å². The smallest absolute Gasteiger partial charge is 0.257 e. The highest BCUT2D eigenvalue weighted by atomic mass is 32.1. The first-order valence-electron chi connectivity index (χ1n) is 9.33. The lowest BCUT2D eigenvalue weighted by Gasteiger charge is -2.35. The van der Waals surface area contributed by atoms with Crippen molar-refractivity contribution < 1.29 is 18.0 Å². The monoisotopic (exact) mass is 420 g/mol. The molecule has 0 spiro atoms. The van der Waals surface area contributed by atoms with E-state index in [-0.39, 0.29) is 0 Å². The molecular weight excluding hydrogens is 401 g/mol. The van der Waals surface area contributed by atoms with Crippen molar-refractivity contribution in [2.45, 2.75) is 20.3 Å². The normalized spacial score (nSPS) is 14.7. The minimum absolute atomic E-state index is 0.326. The molecule has 2 aromatic heterocycles. The number of thiophene rings is 1. The van der Waals surface area contributed by atoms with Crippen LogP contribution < -0.4 is 4.90 Å². The molecule has 1 fully saturated rings. The number of aromatic nitrogens is 2. The number of aryl methyl sites for hydroxylation is 2. The van der Waals surface area contributed by atoms with Gasteiger partial charge in [0.15, 0.2) is 17.5 Å². The number of nitrogens with zero attached hydrogens (tertiary/aromatic N) is 4. The van der Waals surface area contributed by atoms with Crippen molar-refractivity contribution >= 4 is 33.3 Å². The summed E-state index contributed by atoms with van der Waals surface area (Å²) in [5.74, 6) is -3.52. The minimum Gasteiger partial charge on any atom is -0.352 e. The van der Waals surface area contributed by atoms with Crippen molar-refractivity contribution in [1.82, 2.24) is 14.9 Å². The number of fused-ring (bicyclic) bond motifs is 1. The summed E-state index contributed by atoms with van der Waals surface area (Å²) in [6.45, 7) is 5.59. The largest absolute Gasteiger partial charge is 0.352 e. The molecule has 1 saturated heterocycles. The summed E-state index contributed by atoms with van der Waals surface area (Å²) >= 11 is 1.65. The zero-order valence-electron chi connectivity index (χ0n) is 16.0. The number of rotatable bonds is 3. The van der Waals surface area contributed by atoms with Crippen molar-refractivity contribution in [3.05, 3.63) is 51.9 Å². The number of carbonyl (C=O) groups excluding carboxylic acids is 1. The fraction of sp³-hybridized carbons (Fsp3) is 0.350. The maximum absolute atomic E-state index is 14.0. The fourth-order valence-corrected chi connectivity index (χ4v) is 4.47. The summed E-state index contributed by atoms with van der Waals surface area (Å²) in [6.07, 6.45) is 0.918. The summed E-state index contributed by atoms with van der Waals surface area (Å²) in [4.78, 5) is 27.4. The van der Waals surface area contributed by atoms with Crippen LogP contribution in [0.5, 0.6) is 0 Å². The van der Waals surface area contributed by atoms with Gasteiger partial charge in [-0.1, -0.05) is 6.92 Å². The third kappa shape index (κ3) is 3.55. The molecule has 1 aliphatic heterocycles. The van der Waals surface area contributed by atoms with Crippen LogP contribution in [-0.2, 0) is 6.42 Å². The number of hydrogen-bond donors (Lipinski definition) is 0. The molecular formula is C20H19F3N4OS. The van der Waals surface area contributed by atoms with E-state index in [1.54, 1.807) is 11.3 Å². The Kier molecular flexibility index (Phi) is 5.16. The third-order valence-electron chi connectivity index (χ3n) is 5.02. The van der Waals surface area contributed by atoms with Crippen molar-refractivity contribution in [2.75, 3.05) is 31.1 Å². The van der Waals surface area contributed by atoms with Crippen molar-refractivity contribution in [3.63, 3.8) is 0 Å². The summed E-state index contributed by atoms with van der Waals surface area (Å²) in [7, 11) is 0. The SMILES string of the molecule is CCc1cc2c(N3CCN(C(=O)c4ccc(F)c(F)c4F)CC3)nc(C)nc2s1. The highest BCUT2D eigenvalue weighted by Crippen LogP contribution is 2.32. The van der Waals surface area contributed by atoms with Gasteiger partial charge < -0.3 is 9.80 Å². The first kappa shape index (κ1) is 19.6. The van der Waals surface area contributed by atoms with E-state index in [4.69, 9.17) is 0 Å². The van der Waals surface area contributed by atoms with E-state index in [9.17, 15) is 18.0 Å². The number of halogens is 3. The quantitative estimate of drug-likeness (QED) is 0.603. The van der Waals surface area contributed by atoms with Gasteiger partial charge in [0.2, 0.25) is 0 Å². The van der Waals surface area contributed by atoms with Crippen molar-refractivity contribution in [1.29, 1.82) is 0 Å². The van der Waals surface area contributed by atoms with Crippen LogP contribution in [0, 0.1) is 24.4 Å². The number of hydrogen-bond acceptors (Lipinski definition) is 5. The van der Waals surface area contributed by atoms with E-state index >= 15 is 0 Å². The van der Waals surface area contributed by atoms with Gasteiger partial charge in [-0.2, -0.15) is 0 Å². The minimum atomic E-state index is -1.63. The highest BCUT2D eigenvalue weighted by Gasteiger charge is 2.28. The Labute approximate surface area is 169 Å². The van der Waals surface area contributed by atoms with Gasteiger partial charge >= 0.3 is 0 Å². The fourth-order valence-electron chi connectivity index (χ4n) is 3.46. The molecule has 0 atom stereocenters. The Bertz CT molecular complexity index is 1090. The van der Waals surface area contributed by atoms with Crippen LogP contribution in [0.2, 0.25) is 0 Å². The highest BCUT2D eigenvalue weighted by molar-refractivity contribution is 7.18. The molecule has 4 rings (SSSR count). The molecule has 0 N–H and O–H groups in total. The van der Waals surface area contributed by atoms with E-state index < -0.39 is 28.9 Å². The predicted octanol–water partition coefficient (Wildman–Crippen LogP) is 3.94. The maximum Gasteiger partial charge on any atom is 0.257 e. The lowest BCUT2D eigenvalue weighted by Crippen LogP contribution is -2.49. The Morgan fingerprint density at radius 3 is 2.52 bits per heavy atom. The Balaban J connectivity index is 1.54. The average Bonchev–Trinajstić information content (AvgIpc) is 3.14. The average molecular weight is 420 g/mol. The molecule has 0 unspecified atom stereocenters. The molecule has 3 aromatic rings. The van der Waals surface area contributed by atoms with E-state index in [0.717, 1.165) is 34.6 Å². The van der Waals surface area contributed by atoms with Gasteiger partial charge in [0.05, 0.1) is 10.9 Å². The van der Waals surface area contributed by atoms with Crippen LogP contribution in [-0.4, -0.2) is 47.0 Å². The van der Waals surface area contributed by atoms with Gasteiger partial charge in [-0.25, -0.2) is 23.1 Å². The number of benzene rings is 1. The van der Waals surface area contributed by atoms with Gasteiger partial charge in [0.25, 0.3) is 5.91 Å². The van der Waals surface area contributed by atoms with Gasteiger partial charge in [0, 0.05) is 31.1 Å². The van der Waals surface area contributed by atoms with Crippen LogP contribution in [0.15, 0.2) is 18.2 Å². The Morgan fingerprint density at radius 2 is 1.83 bits per heavy atom. The number of anilines is 1. The van der Waals surface area contributed by atoms with Crippen molar-refractivity contribution in [2.24, 2.45) is 0 Å². The zero-order chi connectivity index (χ0) is 20.7. The molecule has 3 heterocycles. The van der Waals surface area contributed by atoms with Gasteiger partial charge in [-0.05, 0) is 31.5 Å². The van der Waals surface area contributed by atoms with E-state index in [2.05, 4.69) is 27.9 Å². The molecule has 152 valence electrons. The molecule has 0 radical (unpaired) electrons. The topological polar surface area (TPSA) is 49.3 Å². The predicted molar refractivity (Wildman–Crippen MR) is 106 cm³/mol. The lowest BCUT2D eigenvalue weighted by molar-refractivity contribution is 0.0740. The number of piperazine rings is 1. The Hall–Kier alpha value is -2.68.